The van der Waals surface area contributed by atoms with Crippen molar-refractivity contribution in [3.63, 3.8) is 0 Å². The maximum absolute atomic E-state index is 6.28. The first-order valence-corrected chi connectivity index (χ1v) is 15.2. The highest BCUT2D eigenvalue weighted by Crippen LogP contribution is 2.44. The van der Waals surface area contributed by atoms with Crippen LogP contribution in [0.25, 0.3) is 0 Å². The van der Waals surface area contributed by atoms with E-state index in [2.05, 4.69) is 128 Å². The standard InChI is InChI=1S/C38H40N2O/c1-25-22-26(2)38-34(39-30-18-16-29(17-19-30)28-10-5-4-6-11-28)13-9-14-35(38)40(24-27(25)3)31-20-21-37-33(23-31)32-12-7-8-15-36(32)41-37/h5,7-13,15-18,20-23,30,32,35-36,39H,4,6,14,19,24H2,1-3H3. The SMILES string of the molecule is CC1=CC(C)=C(C)CN(c2ccc3c(c2)C2C=CC=CC2O3)C2CC=CC(NC3C=CC(C4=CCCC=C4)=CC3)=C12. The number of rotatable bonds is 4. The maximum Gasteiger partial charge on any atom is 0.128 e. The van der Waals surface area contributed by atoms with Crippen LogP contribution in [0.2, 0.25) is 0 Å². The number of benzene rings is 1. The van der Waals surface area contributed by atoms with Crippen molar-refractivity contribution < 1.29 is 4.74 Å². The number of hydrogen-bond acceptors (Lipinski definition) is 3. The smallest absolute Gasteiger partial charge is 0.128 e. The van der Waals surface area contributed by atoms with Gasteiger partial charge in [-0.15, -0.1) is 0 Å². The van der Waals surface area contributed by atoms with Gasteiger partial charge in [0.2, 0.25) is 0 Å². The fourth-order valence-electron chi connectivity index (χ4n) is 7.05. The molecule has 2 heterocycles. The molecule has 1 N–H and O–H groups in total. The third kappa shape index (κ3) is 4.92. The number of anilines is 1. The van der Waals surface area contributed by atoms with Gasteiger partial charge in [0.15, 0.2) is 0 Å². The number of fused-ring (bicyclic) bond motifs is 4. The zero-order chi connectivity index (χ0) is 27.9. The molecule has 1 aromatic carbocycles. The van der Waals surface area contributed by atoms with Crippen LogP contribution in [0.1, 0.15) is 57.9 Å². The first kappa shape index (κ1) is 26.0. The topological polar surface area (TPSA) is 24.5 Å². The van der Waals surface area contributed by atoms with Crippen molar-refractivity contribution in [3.8, 4) is 5.75 Å². The van der Waals surface area contributed by atoms with Crippen LogP contribution in [0, 0.1) is 0 Å². The summed E-state index contributed by atoms with van der Waals surface area (Å²) >= 11 is 0. The van der Waals surface area contributed by atoms with Crippen LogP contribution in [0.15, 0.2) is 136 Å². The average Bonchev–Trinajstić information content (AvgIpc) is 3.38. The van der Waals surface area contributed by atoms with Crippen LogP contribution in [0.3, 0.4) is 0 Å². The first-order chi connectivity index (χ1) is 20.0. The number of ether oxygens (including phenoxy) is 1. The van der Waals surface area contributed by atoms with Gasteiger partial charge in [0.05, 0.1) is 6.04 Å². The second kappa shape index (κ2) is 10.8. The first-order valence-electron chi connectivity index (χ1n) is 15.2. The Balaban J connectivity index is 1.21. The van der Waals surface area contributed by atoms with Crippen LogP contribution >= 0.6 is 0 Å². The summed E-state index contributed by atoms with van der Waals surface area (Å²) in [4.78, 5) is 2.63. The molecule has 4 aliphatic carbocycles. The lowest BCUT2D eigenvalue weighted by molar-refractivity contribution is 0.269. The van der Waals surface area contributed by atoms with Gasteiger partial charge in [-0.1, -0.05) is 78.0 Å². The van der Waals surface area contributed by atoms with E-state index in [9.17, 15) is 0 Å². The Bertz CT molecular complexity index is 1570. The quantitative estimate of drug-likeness (QED) is 0.415. The Morgan fingerprint density at radius 2 is 1.76 bits per heavy atom. The van der Waals surface area contributed by atoms with Gasteiger partial charge >= 0.3 is 0 Å². The van der Waals surface area contributed by atoms with Crippen molar-refractivity contribution >= 4 is 5.69 Å². The molecular formula is C38H40N2O. The fourth-order valence-corrected chi connectivity index (χ4v) is 7.05. The van der Waals surface area contributed by atoms with Crippen molar-refractivity contribution in [1.82, 2.24) is 5.32 Å². The molecule has 0 aromatic heterocycles. The molecule has 3 nitrogen and oxygen atoms in total. The molecule has 7 rings (SSSR count). The summed E-state index contributed by atoms with van der Waals surface area (Å²) in [6, 6.07) is 7.38. The van der Waals surface area contributed by atoms with Crippen LogP contribution < -0.4 is 15.0 Å². The third-order valence-electron chi connectivity index (χ3n) is 9.38. The molecule has 0 bridgehead atoms. The Morgan fingerprint density at radius 1 is 0.878 bits per heavy atom. The summed E-state index contributed by atoms with van der Waals surface area (Å²) in [6.07, 6.45) is 34.1. The van der Waals surface area contributed by atoms with Crippen LogP contribution in [0.5, 0.6) is 5.75 Å². The highest BCUT2D eigenvalue weighted by atomic mass is 16.5. The summed E-state index contributed by atoms with van der Waals surface area (Å²) < 4.78 is 6.28. The van der Waals surface area contributed by atoms with Crippen molar-refractivity contribution in [1.29, 1.82) is 0 Å². The summed E-state index contributed by atoms with van der Waals surface area (Å²) in [5.74, 6) is 1.31. The molecule has 41 heavy (non-hydrogen) atoms. The lowest BCUT2D eigenvalue weighted by atomic mass is 9.85. The molecule has 0 fully saturated rings. The van der Waals surface area contributed by atoms with Crippen LogP contribution in [-0.4, -0.2) is 24.7 Å². The molecule has 0 amide bonds. The van der Waals surface area contributed by atoms with E-state index in [1.807, 2.05) is 0 Å². The number of allylic oxidation sites excluding steroid dienone is 11. The summed E-state index contributed by atoms with van der Waals surface area (Å²) in [5, 5.41) is 3.94. The minimum Gasteiger partial charge on any atom is -0.485 e. The zero-order valence-electron chi connectivity index (χ0n) is 24.4. The summed E-state index contributed by atoms with van der Waals surface area (Å²) in [7, 11) is 0. The molecule has 1 aromatic rings. The van der Waals surface area contributed by atoms with Crippen LogP contribution in [0.4, 0.5) is 5.69 Å². The molecule has 3 heteroatoms. The third-order valence-corrected chi connectivity index (χ3v) is 9.38. The Kier molecular flexibility index (Phi) is 6.82. The molecule has 0 radical (unpaired) electrons. The zero-order valence-corrected chi connectivity index (χ0v) is 24.4. The minimum atomic E-state index is 0.110. The lowest BCUT2D eigenvalue weighted by Crippen LogP contribution is -2.42. The lowest BCUT2D eigenvalue weighted by Gasteiger charge is -2.40. The van der Waals surface area contributed by atoms with Gasteiger partial charge in [0.25, 0.3) is 0 Å². The Morgan fingerprint density at radius 3 is 2.59 bits per heavy atom. The number of hydrogen-bond donors (Lipinski definition) is 1. The summed E-state index contributed by atoms with van der Waals surface area (Å²) in [6.45, 7) is 7.74. The maximum atomic E-state index is 6.28. The van der Waals surface area contributed by atoms with Gasteiger partial charge in [0.1, 0.15) is 11.9 Å². The Labute approximate surface area is 245 Å². The molecule has 6 aliphatic rings. The van der Waals surface area contributed by atoms with E-state index in [0.29, 0.717) is 5.92 Å². The highest BCUT2D eigenvalue weighted by molar-refractivity contribution is 5.63. The van der Waals surface area contributed by atoms with Gasteiger partial charge in [-0.3, -0.25) is 0 Å². The minimum absolute atomic E-state index is 0.110. The van der Waals surface area contributed by atoms with E-state index in [1.165, 1.54) is 50.4 Å². The van der Waals surface area contributed by atoms with E-state index in [4.69, 9.17) is 4.74 Å². The second-order valence-corrected chi connectivity index (χ2v) is 12.1. The van der Waals surface area contributed by atoms with E-state index in [1.54, 1.807) is 0 Å². The van der Waals surface area contributed by atoms with Gasteiger partial charge in [-0.25, -0.2) is 0 Å². The second-order valence-electron chi connectivity index (χ2n) is 12.1. The average molecular weight is 541 g/mol. The van der Waals surface area contributed by atoms with Crippen molar-refractivity contribution in [2.75, 3.05) is 11.4 Å². The number of nitrogens with one attached hydrogen (secondary N) is 1. The van der Waals surface area contributed by atoms with Gasteiger partial charge in [-0.05, 0) is 93.5 Å². The Hall–Kier alpha value is -3.98. The van der Waals surface area contributed by atoms with Crippen molar-refractivity contribution in [2.45, 2.75) is 70.6 Å². The van der Waals surface area contributed by atoms with E-state index in [0.717, 1.165) is 38.0 Å². The van der Waals surface area contributed by atoms with Crippen molar-refractivity contribution in [2.24, 2.45) is 0 Å². The van der Waals surface area contributed by atoms with Gasteiger partial charge in [0, 0.05) is 41.0 Å². The molecule has 0 saturated carbocycles. The normalized spacial score (nSPS) is 28.3. The van der Waals surface area contributed by atoms with E-state index < -0.39 is 0 Å². The predicted molar refractivity (Wildman–Crippen MR) is 171 cm³/mol. The number of nitrogens with zero attached hydrogens (tertiary/aromatic N) is 1. The fraction of sp³-hybridized carbons (Fsp3) is 0.316. The van der Waals surface area contributed by atoms with Crippen molar-refractivity contribution in [3.05, 3.63) is 142 Å². The monoisotopic (exact) mass is 540 g/mol. The van der Waals surface area contributed by atoms with Gasteiger partial charge < -0.3 is 15.0 Å². The molecule has 2 aliphatic heterocycles. The van der Waals surface area contributed by atoms with E-state index in [-0.39, 0.29) is 18.2 Å². The van der Waals surface area contributed by atoms with E-state index >= 15 is 0 Å². The van der Waals surface area contributed by atoms with Crippen LogP contribution in [-0.2, 0) is 0 Å². The molecule has 0 spiro atoms. The molecule has 4 atom stereocenters. The molecular weight excluding hydrogens is 500 g/mol. The highest BCUT2D eigenvalue weighted by Gasteiger charge is 2.35. The summed E-state index contributed by atoms with van der Waals surface area (Å²) in [5.41, 5.74) is 12.1. The van der Waals surface area contributed by atoms with Gasteiger partial charge in [-0.2, -0.15) is 0 Å². The predicted octanol–water partition coefficient (Wildman–Crippen LogP) is 8.46. The largest absolute Gasteiger partial charge is 0.485 e. The molecule has 0 saturated heterocycles. The molecule has 4 unspecified atom stereocenters. The molecule has 208 valence electrons.